The first-order chi connectivity index (χ1) is 6.78. The van der Waals surface area contributed by atoms with Crippen LogP contribution < -0.4 is 5.32 Å². The highest BCUT2D eigenvalue weighted by Crippen LogP contribution is 2.06. The van der Waals surface area contributed by atoms with Gasteiger partial charge in [0.05, 0.1) is 0 Å². The van der Waals surface area contributed by atoms with Crippen molar-refractivity contribution in [1.82, 2.24) is 5.32 Å². The standard InChI is InChI=1S/C10H19NO4/c1-5-10(3,4)11-8(12)6-15-7(2)9(13)14/h7H,5-6H2,1-4H3,(H,11,12)(H,13,14)/t7-/m1/s1. The summed E-state index contributed by atoms with van der Waals surface area (Å²) < 4.78 is 4.84. The van der Waals surface area contributed by atoms with E-state index in [9.17, 15) is 9.59 Å². The highest BCUT2D eigenvalue weighted by molar-refractivity contribution is 5.78. The van der Waals surface area contributed by atoms with Gasteiger partial charge in [-0.15, -0.1) is 0 Å². The van der Waals surface area contributed by atoms with Crippen molar-refractivity contribution in [3.8, 4) is 0 Å². The first kappa shape index (κ1) is 13.9. The Labute approximate surface area is 89.8 Å². The van der Waals surface area contributed by atoms with Gasteiger partial charge in [-0.05, 0) is 27.2 Å². The van der Waals surface area contributed by atoms with Gasteiger partial charge in [0.1, 0.15) is 6.61 Å². The number of ether oxygens (including phenoxy) is 1. The molecule has 0 aliphatic heterocycles. The molecular weight excluding hydrogens is 198 g/mol. The molecule has 0 radical (unpaired) electrons. The van der Waals surface area contributed by atoms with E-state index in [1.54, 1.807) is 0 Å². The summed E-state index contributed by atoms with van der Waals surface area (Å²) in [6, 6.07) is 0. The molecule has 5 heteroatoms. The van der Waals surface area contributed by atoms with Crippen molar-refractivity contribution < 1.29 is 19.4 Å². The lowest BCUT2D eigenvalue weighted by Gasteiger charge is -2.24. The second kappa shape index (κ2) is 5.70. The van der Waals surface area contributed by atoms with E-state index in [0.717, 1.165) is 6.42 Å². The lowest BCUT2D eigenvalue weighted by atomic mass is 10.0. The van der Waals surface area contributed by atoms with E-state index in [0.29, 0.717) is 0 Å². The minimum Gasteiger partial charge on any atom is -0.479 e. The second-order valence-corrected chi connectivity index (χ2v) is 4.08. The maximum absolute atomic E-state index is 11.3. The summed E-state index contributed by atoms with van der Waals surface area (Å²) in [5.74, 6) is -1.37. The molecule has 0 aromatic carbocycles. The van der Waals surface area contributed by atoms with Crippen LogP contribution in [0.15, 0.2) is 0 Å². The van der Waals surface area contributed by atoms with E-state index in [1.807, 2.05) is 20.8 Å². The fourth-order valence-electron chi connectivity index (χ4n) is 0.774. The summed E-state index contributed by atoms with van der Waals surface area (Å²) in [6.45, 7) is 6.91. The molecule has 0 bridgehead atoms. The molecule has 0 aromatic heterocycles. The largest absolute Gasteiger partial charge is 0.479 e. The van der Waals surface area contributed by atoms with Crippen molar-refractivity contribution in [3.63, 3.8) is 0 Å². The van der Waals surface area contributed by atoms with Gasteiger partial charge >= 0.3 is 5.97 Å². The molecule has 0 heterocycles. The number of amides is 1. The zero-order valence-electron chi connectivity index (χ0n) is 9.66. The summed E-state index contributed by atoms with van der Waals surface area (Å²) in [6.07, 6.45) is -0.159. The summed E-state index contributed by atoms with van der Waals surface area (Å²) in [5, 5.41) is 11.3. The maximum atomic E-state index is 11.3. The van der Waals surface area contributed by atoms with E-state index in [-0.39, 0.29) is 18.1 Å². The van der Waals surface area contributed by atoms with Crippen molar-refractivity contribution in [2.45, 2.75) is 45.8 Å². The predicted molar refractivity (Wildman–Crippen MR) is 55.6 cm³/mol. The molecule has 2 N–H and O–H groups in total. The van der Waals surface area contributed by atoms with Gasteiger partial charge in [0.25, 0.3) is 0 Å². The zero-order valence-corrected chi connectivity index (χ0v) is 9.66. The van der Waals surface area contributed by atoms with Crippen LogP contribution in [0.1, 0.15) is 34.1 Å². The van der Waals surface area contributed by atoms with Crippen molar-refractivity contribution in [1.29, 1.82) is 0 Å². The minimum absolute atomic E-state index is 0.225. The third-order valence-electron chi connectivity index (χ3n) is 2.17. The Kier molecular flexibility index (Phi) is 5.28. The SMILES string of the molecule is CCC(C)(C)NC(=O)CO[C@H](C)C(=O)O. The highest BCUT2D eigenvalue weighted by Gasteiger charge is 2.19. The number of carboxylic acids is 1. The molecule has 88 valence electrons. The van der Waals surface area contributed by atoms with Crippen LogP contribution in [0, 0.1) is 0 Å². The molecule has 0 aliphatic rings. The van der Waals surface area contributed by atoms with Crippen molar-refractivity contribution >= 4 is 11.9 Å². The molecule has 0 aliphatic carbocycles. The molecule has 15 heavy (non-hydrogen) atoms. The first-order valence-electron chi connectivity index (χ1n) is 4.94. The molecule has 5 nitrogen and oxygen atoms in total. The lowest BCUT2D eigenvalue weighted by molar-refractivity contribution is -0.151. The number of aliphatic carboxylic acids is 1. The average molecular weight is 217 g/mol. The third kappa shape index (κ3) is 6.06. The topological polar surface area (TPSA) is 75.6 Å². The number of carbonyl (C=O) groups excluding carboxylic acids is 1. The second-order valence-electron chi connectivity index (χ2n) is 4.08. The number of carbonyl (C=O) groups is 2. The van der Waals surface area contributed by atoms with E-state index in [1.165, 1.54) is 6.92 Å². The molecular formula is C10H19NO4. The fraction of sp³-hybridized carbons (Fsp3) is 0.800. The molecule has 0 spiro atoms. The van der Waals surface area contributed by atoms with Crippen LogP contribution in [0.25, 0.3) is 0 Å². The predicted octanol–water partition coefficient (Wildman–Crippen LogP) is 0.781. The summed E-state index contributed by atoms with van der Waals surface area (Å²) >= 11 is 0. The molecule has 0 saturated heterocycles. The third-order valence-corrected chi connectivity index (χ3v) is 2.17. The number of carboxylic acid groups (broad SMARTS) is 1. The van der Waals surface area contributed by atoms with Gasteiger partial charge in [0.15, 0.2) is 6.10 Å². The molecule has 1 atom stereocenters. The Balaban J connectivity index is 3.91. The van der Waals surface area contributed by atoms with Gasteiger partial charge < -0.3 is 15.2 Å². The molecule has 1 amide bonds. The van der Waals surface area contributed by atoms with Gasteiger partial charge in [-0.2, -0.15) is 0 Å². The van der Waals surface area contributed by atoms with Gasteiger partial charge in [0, 0.05) is 5.54 Å². The summed E-state index contributed by atoms with van der Waals surface area (Å²) in [4.78, 5) is 21.7. The molecule has 0 unspecified atom stereocenters. The van der Waals surface area contributed by atoms with E-state index < -0.39 is 12.1 Å². The Morgan fingerprint density at radius 1 is 1.47 bits per heavy atom. The van der Waals surface area contributed by atoms with E-state index >= 15 is 0 Å². The maximum Gasteiger partial charge on any atom is 0.332 e. The zero-order chi connectivity index (χ0) is 12.1. The average Bonchev–Trinajstić information content (AvgIpc) is 2.13. The van der Waals surface area contributed by atoms with E-state index in [4.69, 9.17) is 9.84 Å². The van der Waals surface area contributed by atoms with E-state index in [2.05, 4.69) is 5.32 Å². The smallest absolute Gasteiger partial charge is 0.332 e. The number of rotatable bonds is 6. The lowest BCUT2D eigenvalue weighted by Crippen LogP contribution is -2.45. The highest BCUT2D eigenvalue weighted by atomic mass is 16.5. The normalized spacial score (nSPS) is 13.3. The first-order valence-corrected chi connectivity index (χ1v) is 4.94. The van der Waals surface area contributed by atoms with Crippen LogP contribution >= 0.6 is 0 Å². The van der Waals surface area contributed by atoms with Crippen LogP contribution in [-0.4, -0.2) is 35.2 Å². The molecule has 0 rings (SSSR count). The van der Waals surface area contributed by atoms with Crippen LogP contribution in [-0.2, 0) is 14.3 Å². The Morgan fingerprint density at radius 2 is 2.00 bits per heavy atom. The van der Waals surface area contributed by atoms with Crippen LogP contribution in [0.2, 0.25) is 0 Å². The monoisotopic (exact) mass is 217 g/mol. The Bertz CT molecular complexity index is 238. The summed E-state index contributed by atoms with van der Waals surface area (Å²) in [7, 11) is 0. The van der Waals surface area contributed by atoms with Crippen molar-refractivity contribution in [2.75, 3.05) is 6.61 Å². The minimum atomic E-state index is -1.07. The number of nitrogens with one attached hydrogen (secondary N) is 1. The Hall–Kier alpha value is -1.10. The van der Waals surface area contributed by atoms with Crippen LogP contribution in [0.5, 0.6) is 0 Å². The van der Waals surface area contributed by atoms with Gasteiger partial charge in [-0.3, -0.25) is 4.79 Å². The quantitative estimate of drug-likeness (QED) is 0.689. The molecule has 0 fully saturated rings. The van der Waals surface area contributed by atoms with Gasteiger partial charge in [-0.25, -0.2) is 4.79 Å². The van der Waals surface area contributed by atoms with Crippen LogP contribution in [0.4, 0.5) is 0 Å². The number of hydrogen-bond acceptors (Lipinski definition) is 3. The van der Waals surface area contributed by atoms with Crippen LogP contribution in [0.3, 0.4) is 0 Å². The van der Waals surface area contributed by atoms with Gasteiger partial charge in [-0.1, -0.05) is 6.92 Å². The molecule has 0 aromatic rings. The Morgan fingerprint density at radius 3 is 2.40 bits per heavy atom. The van der Waals surface area contributed by atoms with Crippen molar-refractivity contribution in [3.05, 3.63) is 0 Å². The summed E-state index contributed by atoms with van der Waals surface area (Å²) in [5.41, 5.74) is -0.285. The van der Waals surface area contributed by atoms with Crippen molar-refractivity contribution in [2.24, 2.45) is 0 Å². The fourth-order valence-corrected chi connectivity index (χ4v) is 0.774. The number of hydrogen-bond donors (Lipinski definition) is 2. The van der Waals surface area contributed by atoms with Gasteiger partial charge in [0.2, 0.25) is 5.91 Å². The molecule has 0 saturated carbocycles.